The second kappa shape index (κ2) is 6.46. The molecule has 0 aliphatic heterocycles. The van der Waals surface area contributed by atoms with Gasteiger partial charge in [-0.3, -0.25) is 0 Å². The van der Waals surface area contributed by atoms with Crippen molar-refractivity contribution in [3.05, 3.63) is 45.2 Å². The maximum absolute atomic E-state index is 4.66. The highest BCUT2D eigenvalue weighted by Crippen LogP contribution is 2.27. The van der Waals surface area contributed by atoms with Crippen LogP contribution in [0, 0.1) is 20.8 Å². The second-order valence-electron chi connectivity index (χ2n) is 5.03. The Balaban J connectivity index is 2.44. The molecule has 2 rings (SSSR count). The minimum absolute atomic E-state index is 0.779. The molecule has 0 radical (unpaired) electrons. The van der Waals surface area contributed by atoms with Crippen molar-refractivity contribution >= 4 is 15.9 Å². The summed E-state index contributed by atoms with van der Waals surface area (Å²) in [5, 5.41) is 3.30. The van der Waals surface area contributed by atoms with E-state index in [0.29, 0.717) is 0 Å². The number of halogens is 1. The molecule has 0 saturated heterocycles. The molecule has 0 saturated carbocycles. The molecule has 0 spiro atoms. The number of nitrogens with zero attached hydrogens (tertiary/aromatic N) is 2. The average Bonchev–Trinajstić information content (AvgIpc) is 2.41. The van der Waals surface area contributed by atoms with E-state index in [1.54, 1.807) is 0 Å². The van der Waals surface area contributed by atoms with Crippen molar-refractivity contribution < 1.29 is 0 Å². The number of aromatic nitrogens is 2. The highest BCUT2D eigenvalue weighted by Gasteiger charge is 2.08. The summed E-state index contributed by atoms with van der Waals surface area (Å²) in [5.41, 5.74) is 5.52. The fourth-order valence-electron chi connectivity index (χ4n) is 2.18. The van der Waals surface area contributed by atoms with Crippen LogP contribution >= 0.6 is 15.9 Å². The molecule has 3 nitrogen and oxygen atoms in total. The summed E-state index contributed by atoms with van der Waals surface area (Å²) in [6, 6.07) is 6.29. The smallest absolute Gasteiger partial charge is 0.159 e. The molecule has 4 heteroatoms. The third-order valence-electron chi connectivity index (χ3n) is 3.16. The Bertz CT molecular complexity index is 600. The van der Waals surface area contributed by atoms with E-state index in [1.807, 2.05) is 13.0 Å². The Morgan fingerprint density at radius 3 is 2.30 bits per heavy atom. The molecule has 20 heavy (non-hydrogen) atoms. The van der Waals surface area contributed by atoms with Crippen molar-refractivity contribution in [2.75, 3.05) is 6.54 Å². The Kier molecular flexibility index (Phi) is 4.89. The van der Waals surface area contributed by atoms with Gasteiger partial charge < -0.3 is 5.32 Å². The Morgan fingerprint density at radius 1 is 1.05 bits per heavy atom. The first-order valence-electron chi connectivity index (χ1n) is 6.83. The van der Waals surface area contributed by atoms with Gasteiger partial charge in [0, 0.05) is 22.3 Å². The van der Waals surface area contributed by atoms with E-state index in [9.17, 15) is 0 Å². The number of benzene rings is 1. The normalized spacial score (nSPS) is 10.8. The summed E-state index contributed by atoms with van der Waals surface area (Å²) >= 11 is 3.60. The lowest BCUT2D eigenvalue weighted by Gasteiger charge is -2.10. The van der Waals surface area contributed by atoms with E-state index in [4.69, 9.17) is 0 Å². The van der Waals surface area contributed by atoms with Crippen molar-refractivity contribution in [2.45, 2.75) is 34.2 Å². The van der Waals surface area contributed by atoms with Crippen LogP contribution in [0.15, 0.2) is 22.7 Å². The van der Waals surface area contributed by atoms with E-state index in [2.05, 4.69) is 64.1 Å². The van der Waals surface area contributed by atoms with Gasteiger partial charge in [-0.05, 0) is 56.6 Å². The molecule has 0 atom stereocenters. The lowest BCUT2D eigenvalue weighted by atomic mass is 10.1. The number of hydrogen-bond donors (Lipinski definition) is 1. The van der Waals surface area contributed by atoms with Crippen LogP contribution < -0.4 is 5.32 Å². The maximum atomic E-state index is 4.66. The topological polar surface area (TPSA) is 37.8 Å². The monoisotopic (exact) mass is 333 g/mol. The standard InChI is InChI=1S/C16H20BrN3/c1-5-18-9-14-8-12(4)19-16(20-14)13-6-10(2)15(17)11(3)7-13/h6-8,18H,5,9H2,1-4H3. The second-order valence-corrected chi connectivity index (χ2v) is 5.82. The van der Waals surface area contributed by atoms with E-state index < -0.39 is 0 Å². The summed E-state index contributed by atoms with van der Waals surface area (Å²) in [5.74, 6) is 0.802. The van der Waals surface area contributed by atoms with E-state index in [-0.39, 0.29) is 0 Å². The number of rotatable bonds is 4. The molecule has 0 unspecified atom stereocenters. The largest absolute Gasteiger partial charge is 0.311 e. The van der Waals surface area contributed by atoms with Crippen LogP contribution in [0.2, 0.25) is 0 Å². The molecular weight excluding hydrogens is 314 g/mol. The van der Waals surface area contributed by atoms with Gasteiger partial charge in [0.2, 0.25) is 0 Å². The SMILES string of the molecule is CCNCc1cc(C)nc(-c2cc(C)c(Br)c(C)c2)n1. The summed E-state index contributed by atoms with van der Waals surface area (Å²) in [4.78, 5) is 9.23. The molecule has 0 aliphatic rings. The first kappa shape index (κ1) is 15.1. The molecule has 0 bridgehead atoms. The van der Waals surface area contributed by atoms with Crippen molar-refractivity contribution in [1.29, 1.82) is 0 Å². The van der Waals surface area contributed by atoms with Crippen molar-refractivity contribution in [2.24, 2.45) is 0 Å². The van der Waals surface area contributed by atoms with Gasteiger partial charge in [-0.2, -0.15) is 0 Å². The predicted octanol–water partition coefficient (Wildman–Crippen LogP) is 3.94. The van der Waals surface area contributed by atoms with Crippen molar-refractivity contribution in [3.8, 4) is 11.4 Å². The van der Waals surface area contributed by atoms with Gasteiger partial charge in [0.25, 0.3) is 0 Å². The molecule has 0 fully saturated rings. The molecule has 1 aromatic carbocycles. The van der Waals surface area contributed by atoms with Gasteiger partial charge in [-0.1, -0.05) is 22.9 Å². The molecule has 1 heterocycles. The quantitative estimate of drug-likeness (QED) is 0.920. The van der Waals surface area contributed by atoms with Gasteiger partial charge in [0.05, 0.1) is 5.69 Å². The van der Waals surface area contributed by atoms with Crippen LogP contribution in [-0.4, -0.2) is 16.5 Å². The summed E-state index contributed by atoms with van der Waals surface area (Å²) in [7, 11) is 0. The van der Waals surface area contributed by atoms with Gasteiger partial charge in [-0.15, -0.1) is 0 Å². The van der Waals surface area contributed by atoms with Crippen LogP contribution in [0.5, 0.6) is 0 Å². The van der Waals surface area contributed by atoms with E-state index in [0.717, 1.165) is 40.3 Å². The molecule has 2 aromatic rings. The van der Waals surface area contributed by atoms with Crippen LogP contribution in [-0.2, 0) is 6.54 Å². The van der Waals surface area contributed by atoms with Crippen molar-refractivity contribution in [1.82, 2.24) is 15.3 Å². The molecular formula is C16H20BrN3. The van der Waals surface area contributed by atoms with Gasteiger partial charge in [-0.25, -0.2) is 9.97 Å². The Labute approximate surface area is 129 Å². The molecule has 106 valence electrons. The molecule has 1 N–H and O–H groups in total. The first-order valence-corrected chi connectivity index (χ1v) is 7.63. The van der Waals surface area contributed by atoms with Crippen LogP contribution in [0.25, 0.3) is 11.4 Å². The third kappa shape index (κ3) is 3.44. The number of aryl methyl sites for hydroxylation is 3. The predicted molar refractivity (Wildman–Crippen MR) is 86.8 cm³/mol. The first-order chi connectivity index (χ1) is 9.51. The highest BCUT2D eigenvalue weighted by molar-refractivity contribution is 9.10. The van der Waals surface area contributed by atoms with Gasteiger partial charge >= 0.3 is 0 Å². The summed E-state index contributed by atoms with van der Waals surface area (Å²) in [6.07, 6.45) is 0. The summed E-state index contributed by atoms with van der Waals surface area (Å²) in [6.45, 7) is 10.0. The van der Waals surface area contributed by atoms with Crippen LogP contribution in [0.4, 0.5) is 0 Å². The Morgan fingerprint density at radius 2 is 1.70 bits per heavy atom. The lowest BCUT2D eigenvalue weighted by molar-refractivity contribution is 0.708. The zero-order chi connectivity index (χ0) is 14.7. The van der Waals surface area contributed by atoms with Crippen LogP contribution in [0.3, 0.4) is 0 Å². The molecule has 0 amide bonds. The van der Waals surface area contributed by atoms with Gasteiger partial charge in [0.1, 0.15) is 0 Å². The van der Waals surface area contributed by atoms with E-state index >= 15 is 0 Å². The Hall–Kier alpha value is -1.26. The van der Waals surface area contributed by atoms with E-state index in [1.165, 1.54) is 11.1 Å². The average molecular weight is 334 g/mol. The summed E-state index contributed by atoms with van der Waals surface area (Å²) < 4.78 is 1.15. The fraction of sp³-hybridized carbons (Fsp3) is 0.375. The third-order valence-corrected chi connectivity index (χ3v) is 4.41. The maximum Gasteiger partial charge on any atom is 0.159 e. The zero-order valence-corrected chi connectivity index (χ0v) is 14.0. The fourth-order valence-corrected chi connectivity index (χ4v) is 2.41. The minimum Gasteiger partial charge on any atom is -0.311 e. The lowest BCUT2D eigenvalue weighted by Crippen LogP contribution is -2.13. The number of hydrogen-bond acceptors (Lipinski definition) is 3. The highest BCUT2D eigenvalue weighted by atomic mass is 79.9. The van der Waals surface area contributed by atoms with Crippen LogP contribution in [0.1, 0.15) is 29.4 Å². The van der Waals surface area contributed by atoms with Gasteiger partial charge in [0.15, 0.2) is 5.82 Å². The zero-order valence-electron chi connectivity index (χ0n) is 12.4. The molecule has 0 aliphatic carbocycles. The van der Waals surface area contributed by atoms with Crippen molar-refractivity contribution in [3.63, 3.8) is 0 Å². The number of nitrogens with one attached hydrogen (secondary N) is 1. The minimum atomic E-state index is 0.779. The molecule has 1 aromatic heterocycles.